The van der Waals surface area contributed by atoms with Crippen LogP contribution in [0.3, 0.4) is 0 Å². The van der Waals surface area contributed by atoms with Crippen LogP contribution in [0.15, 0.2) is 18.2 Å². The average Bonchev–Trinajstić information content (AvgIpc) is 2.44. The van der Waals surface area contributed by atoms with Gasteiger partial charge in [-0.1, -0.05) is 39.0 Å². The maximum Gasteiger partial charge on any atom is 0.124 e. The second kappa shape index (κ2) is 10.6. The van der Waals surface area contributed by atoms with Crippen LogP contribution in [0.4, 0.5) is 5.69 Å². The fourth-order valence-corrected chi connectivity index (χ4v) is 2.18. The van der Waals surface area contributed by atoms with E-state index in [9.17, 15) is 0 Å². The molecule has 0 saturated carbocycles. The minimum atomic E-state index is 0.579. The fourth-order valence-electron chi connectivity index (χ4n) is 2.18. The number of nitrogen functional groups attached to an aromatic ring is 1. The number of hydrogen-bond acceptors (Lipinski definition) is 3. The number of nitrogens with two attached hydrogens (primary N) is 1. The van der Waals surface area contributed by atoms with E-state index in [1.165, 1.54) is 32.1 Å². The highest BCUT2D eigenvalue weighted by molar-refractivity contribution is 5.47. The Bertz CT molecular complexity index is 366. The van der Waals surface area contributed by atoms with Crippen LogP contribution in [0.2, 0.25) is 0 Å². The van der Waals surface area contributed by atoms with Gasteiger partial charge in [-0.2, -0.15) is 0 Å². The van der Waals surface area contributed by atoms with Gasteiger partial charge < -0.3 is 15.2 Å². The van der Waals surface area contributed by atoms with Crippen LogP contribution >= 0.6 is 0 Å². The topological polar surface area (TPSA) is 44.5 Å². The monoisotopic (exact) mass is 279 g/mol. The number of anilines is 1. The van der Waals surface area contributed by atoms with E-state index in [0.29, 0.717) is 13.2 Å². The molecule has 2 N–H and O–H groups in total. The maximum absolute atomic E-state index is 5.81. The van der Waals surface area contributed by atoms with Crippen LogP contribution < -0.4 is 10.5 Å². The van der Waals surface area contributed by atoms with Crippen molar-refractivity contribution in [3.8, 4) is 5.75 Å². The van der Waals surface area contributed by atoms with Gasteiger partial charge in [-0.15, -0.1) is 0 Å². The van der Waals surface area contributed by atoms with E-state index in [1.807, 2.05) is 25.1 Å². The molecule has 0 aliphatic rings. The van der Waals surface area contributed by atoms with E-state index in [0.717, 1.165) is 30.0 Å². The highest BCUT2D eigenvalue weighted by Gasteiger charge is 2.04. The minimum Gasteiger partial charge on any atom is -0.494 e. The molecule has 0 heterocycles. The van der Waals surface area contributed by atoms with E-state index in [2.05, 4.69) is 6.92 Å². The molecule has 0 fully saturated rings. The lowest BCUT2D eigenvalue weighted by molar-refractivity contribution is 0.114. The Balaban J connectivity index is 2.22. The Morgan fingerprint density at radius 1 is 1.00 bits per heavy atom. The van der Waals surface area contributed by atoms with Crippen molar-refractivity contribution in [1.82, 2.24) is 0 Å². The van der Waals surface area contributed by atoms with E-state index in [-0.39, 0.29) is 0 Å². The van der Waals surface area contributed by atoms with Crippen LogP contribution in [0, 0.1) is 0 Å². The number of benzene rings is 1. The first kappa shape index (κ1) is 16.8. The first-order valence-electron chi connectivity index (χ1n) is 7.86. The lowest BCUT2D eigenvalue weighted by Gasteiger charge is -2.11. The zero-order valence-corrected chi connectivity index (χ0v) is 13.0. The minimum absolute atomic E-state index is 0.579. The van der Waals surface area contributed by atoms with Crippen LogP contribution in [0.1, 0.15) is 57.9 Å². The van der Waals surface area contributed by atoms with Gasteiger partial charge in [0.05, 0.1) is 13.2 Å². The Labute approximate surface area is 123 Å². The van der Waals surface area contributed by atoms with Gasteiger partial charge in [0.15, 0.2) is 0 Å². The summed E-state index contributed by atoms with van der Waals surface area (Å²) in [6, 6.07) is 5.72. The molecule has 0 bridgehead atoms. The highest BCUT2D eigenvalue weighted by Crippen LogP contribution is 2.22. The summed E-state index contributed by atoms with van der Waals surface area (Å²) in [4.78, 5) is 0. The number of hydrogen-bond donors (Lipinski definition) is 1. The number of rotatable bonds is 11. The largest absolute Gasteiger partial charge is 0.494 e. The van der Waals surface area contributed by atoms with Crippen LogP contribution in [0.25, 0.3) is 0 Å². The second-order valence-electron chi connectivity index (χ2n) is 5.12. The summed E-state index contributed by atoms with van der Waals surface area (Å²) in [6.45, 7) is 6.28. The molecule has 3 nitrogen and oxygen atoms in total. The van der Waals surface area contributed by atoms with Gasteiger partial charge in [-0.25, -0.2) is 0 Å². The Kier molecular flexibility index (Phi) is 8.88. The molecule has 1 rings (SSSR count). The molecule has 114 valence electrons. The second-order valence-corrected chi connectivity index (χ2v) is 5.12. The first-order valence-corrected chi connectivity index (χ1v) is 7.86. The predicted octanol–water partition coefficient (Wildman–Crippen LogP) is 4.54. The Morgan fingerprint density at radius 2 is 1.75 bits per heavy atom. The van der Waals surface area contributed by atoms with Gasteiger partial charge in [-0.3, -0.25) is 0 Å². The van der Waals surface area contributed by atoms with Crippen molar-refractivity contribution in [2.75, 3.05) is 18.9 Å². The Hall–Kier alpha value is -1.22. The summed E-state index contributed by atoms with van der Waals surface area (Å²) >= 11 is 0. The van der Waals surface area contributed by atoms with Crippen LogP contribution in [0.5, 0.6) is 5.75 Å². The highest BCUT2D eigenvalue weighted by atomic mass is 16.5. The van der Waals surface area contributed by atoms with Crippen LogP contribution in [-0.2, 0) is 11.3 Å². The smallest absolute Gasteiger partial charge is 0.124 e. The van der Waals surface area contributed by atoms with Gasteiger partial charge in [0.1, 0.15) is 5.75 Å². The van der Waals surface area contributed by atoms with E-state index < -0.39 is 0 Å². The molecule has 0 radical (unpaired) electrons. The molecular formula is C17H29NO2. The molecule has 0 aliphatic heterocycles. The predicted molar refractivity (Wildman–Crippen MR) is 85.1 cm³/mol. The molecule has 0 unspecified atom stereocenters. The van der Waals surface area contributed by atoms with Gasteiger partial charge in [-0.05, 0) is 31.5 Å². The first-order chi connectivity index (χ1) is 9.77. The van der Waals surface area contributed by atoms with Gasteiger partial charge in [0.2, 0.25) is 0 Å². The SMILES string of the molecule is CCCCCCCCOCc1cc(N)ccc1OCC. The Morgan fingerprint density at radius 3 is 2.50 bits per heavy atom. The van der Waals surface area contributed by atoms with E-state index in [4.69, 9.17) is 15.2 Å². The van der Waals surface area contributed by atoms with Gasteiger partial charge >= 0.3 is 0 Å². The summed E-state index contributed by atoms with van der Waals surface area (Å²) in [6.07, 6.45) is 7.71. The fraction of sp³-hybridized carbons (Fsp3) is 0.647. The summed E-state index contributed by atoms with van der Waals surface area (Å²) in [5, 5.41) is 0. The van der Waals surface area contributed by atoms with E-state index >= 15 is 0 Å². The van der Waals surface area contributed by atoms with Crippen molar-refractivity contribution in [3.05, 3.63) is 23.8 Å². The molecule has 0 amide bonds. The molecule has 0 spiro atoms. The quantitative estimate of drug-likeness (QED) is 0.477. The van der Waals surface area contributed by atoms with E-state index in [1.54, 1.807) is 0 Å². The van der Waals surface area contributed by atoms with Crippen molar-refractivity contribution in [3.63, 3.8) is 0 Å². The van der Waals surface area contributed by atoms with Crippen LogP contribution in [-0.4, -0.2) is 13.2 Å². The lowest BCUT2D eigenvalue weighted by atomic mass is 10.1. The molecule has 0 aromatic heterocycles. The third-order valence-electron chi connectivity index (χ3n) is 3.28. The van der Waals surface area contributed by atoms with Crippen molar-refractivity contribution >= 4 is 5.69 Å². The van der Waals surface area contributed by atoms with Crippen molar-refractivity contribution in [1.29, 1.82) is 0 Å². The van der Waals surface area contributed by atoms with Gasteiger partial charge in [0.25, 0.3) is 0 Å². The number of unbranched alkanes of at least 4 members (excludes halogenated alkanes) is 5. The molecule has 1 aromatic rings. The van der Waals surface area contributed by atoms with Crippen molar-refractivity contribution in [2.45, 2.75) is 59.0 Å². The maximum atomic E-state index is 5.81. The molecule has 3 heteroatoms. The molecular weight excluding hydrogens is 250 g/mol. The van der Waals surface area contributed by atoms with Crippen molar-refractivity contribution < 1.29 is 9.47 Å². The number of ether oxygens (including phenoxy) is 2. The third-order valence-corrected chi connectivity index (χ3v) is 3.28. The summed E-state index contributed by atoms with van der Waals surface area (Å²) in [5.41, 5.74) is 7.61. The molecule has 0 atom stereocenters. The zero-order valence-electron chi connectivity index (χ0n) is 13.0. The average molecular weight is 279 g/mol. The zero-order chi connectivity index (χ0) is 14.6. The third kappa shape index (κ3) is 6.80. The summed E-state index contributed by atoms with van der Waals surface area (Å²) < 4.78 is 11.3. The molecule has 20 heavy (non-hydrogen) atoms. The summed E-state index contributed by atoms with van der Waals surface area (Å²) in [7, 11) is 0. The van der Waals surface area contributed by atoms with Crippen molar-refractivity contribution in [2.24, 2.45) is 0 Å². The normalized spacial score (nSPS) is 10.7. The standard InChI is InChI=1S/C17H29NO2/c1-3-5-6-7-8-9-12-19-14-15-13-16(18)10-11-17(15)20-4-2/h10-11,13H,3-9,12,14,18H2,1-2H3. The summed E-state index contributed by atoms with van der Waals surface area (Å²) in [5.74, 6) is 0.879. The molecule has 0 saturated heterocycles. The van der Waals surface area contributed by atoms with Gasteiger partial charge in [0, 0.05) is 17.9 Å². The molecule has 1 aromatic carbocycles. The molecule has 0 aliphatic carbocycles. The lowest BCUT2D eigenvalue weighted by Crippen LogP contribution is -2.01.